The van der Waals surface area contributed by atoms with Crippen LogP contribution in [0, 0.1) is 11.3 Å². The first kappa shape index (κ1) is 10.0. The lowest BCUT2D eigenvalue weighted by molar-refractivity contribution is -0.0149. The van der Waals surface area contributed by atoms with Gasteiger partial charge in [-0.15, -0.1) is 0 Å². The third-order valence-electron chi connectivity index (χ3n) is 3.55. The maximum absolute atomic E-state index is 10.3. The van der Waals surface area contributed by atoms with Gasteiger partial charge in [-0.05, 0) is 30.6 Å². The van der Waals surface area contributed by atoms with Crippen molar-refractivity contribution in [3.8, 4) is 0 Å². The second-order valence-electron chi connectivity index (χ2n) is 5.25. The van der Waals surface area contributed by atoms with Gasteiger partial charge in [-0.1, -0.05) is 34.1 Å². The Hall–Kier alpha value is -0.0400. The first-order valence-corrected chi connectivity index (χ1v) is 5.12. The molecular weight excluding hydrogens is 148 g/mol. The fraction of sp³-hybridized carbons (Fsp3) is 1.00. The molecule has 2 atom stereocenters. The van der Waals surface area contributed by atoms with Gasteiger partial charge in [0.15, 0.2) is 0 Å². The molecule has 1 nitrogen and oxygen atoms in total. The number of rotatable bonds is 2. The Kier molecular flexibility index (Phi) is 2.53. The van der Waals surface area contributed by atoms with Crippen molar-refractivity contribution in [1.82, 2.24) is 0 Å². The molecule has 0 aromatic carbocycles. The van der Waals surface area contributed by atoms with E-state index in [1.807, 2.05) is 0 Å². The van der Waals surface area contributed by atoms with Crippen LogP contribution in [0.1, 0.15) is 53.4 Å². The van der Waals surface area contributed by atoms with E-state index in [9.17, 15) is 5.11 Å². The standard InChI is InChI=1S/C11H22O/c1-5-9(2)11(12)7-6-10(3,4)8-11/h9,12H,5-8H2,1-4H3. The Labute approximate surface area is 76.2 Å². The van der Waals surface area contributed by atoms with E-state index >= 15 is 0 Å². The topological polar surface area (TPSA) is 20.2 Å². The van der Waals surface area contributed by atoms with Crippen molar-refractivity contribution in [2.75, 3.05) is 0 Å². The summed E-state index contributed by atoms with van der Waals surface area (Å²) in [5.74, 6) is 0.458. The van der Waals surface area contributed by atoms with Gasteiger partial charge in [-0.3, -0.25) is 0 Å². The molecule has 0 aromatic rings. The monoisotopic (exact) mass is 170 g/mol. The minimum Gasteiger partial charge on any atom is -0.390 e. The average Bonchev–Trinajstić information content (AvgIpc) is 2.25. The summed E-state index contributed by atoms with van der Waals surface area (Å²) in [5, 5.41) is 10.3. The van der Waals surface area contributed by atoms with Gasteiger partial charge >= 0.3 is 0 Å². The van der Waals surface area contributed by atoms with Crippen LogP contribution in [0.15, 0.2) is 0 Å². The molecule has 72 valence electrons. The van der Waals surface area contributed by atoms with E-state index in [4.69, 9.17) is 0 Å². The predicted molar refractivity (Wildman–Crippen MR) is 52.0 cm³/mol. The van der Waals surface area contributed by atoms with Crippen LogP contribution in [0.5, 0.6) is 0 Å². The smallest absolute Gasteiger partial charge is 0.0678 e. The summed E-state index contributed by atoms with van der Waals surface area (Å²) in [6.45, 7) is 8.84. The van der Waals surface area contributed by atoms with Crippen LogP contribution in [0.25, 0.3) is 0 Å². The van der Waals surface area contributed by atoms with Crippen LogP contribution in [-0.4, -0.2) is 10.7 Å². The summed E-state index contributed by atoms with van der Waals surface area (Å²) in [6, 6.07) is 0. The number of hydrogen-bond acceptors (Lipinski definition) is 1. The quantitative estimate of drug-likeness (QED) is 0.675. The fourth-order valence-electron chi connectivity index (χ4n) is 2.36. The number of aliphatic hydroxyl groups is 1. The molecule has 0 radical (unpaired) electrons. The SMILES string of the molecule is CCC(C)C1(O)CCC(C)(C)C1. The van der Waals surface area contributed by atoms with Gasteiger partial charge in [-0.25, -0.2) is 0 Å². The highest BCUT2D eigenvalue weighted by molar-refractivity contribution is 4.96. The Morgan fingerprint density at radius 3 is 2.25 bits per heavy atom. The predicted octanol–water partition coefficient (Wildman–Crippen LogP) is 2.97. The van der Waals surface area contributed by atoms with Crippen molar-refractivity contribution in [2.45, 2.75) is 59.0 Å². The average molecular weight is 170 g/mol. The Morgan fingerprint density at radius 2 is 1.92 bits per heavy atom. The maximum Gasteiger partial charge on any atom is 0.0678 e. The Bertz CT molecular complexity index is 162. The van der Waals surface area contributed by atoms with Crippen LogP contribution in [0.3, 0.4) is 0 Å². The summed E-state index contributed by atoms with van der Waals surface area (Å²) in [7, 11) is 0. The lowest BCUT2D eigenvalue weighted by atomic mass is 9.82. The van der Waals surface area contributed by atoms with Gasteiger partial charge in [0.2, 0.25) is 0 Å². The van der Waals surface area contributed by atoms with Gasteiger partial charge in [0.25, 0.3) is 0 Å². The zero-order valence-electron chi connectivity index (χ0n) is 8.85. The number of hydrogen-bond donors (Lipinski definition) is 1. The Morgan fingerprint density at radius 1 is 1.33 bits per heavy atom. The Balaban J connectivity index is 2.64. The lowest BCUT2D eigenvalue weighted by Gasteiger charge is -2.30. The summed E-state index contributed by atoms with van der Waals surface area (Å²) in [6.07, 6.45) is 4.24. The van der Waals surface area contributed by atoms with Crippen LogP contribution < -0.4 is 0 Å². The third kappa shape index (κ3) is 1.82. The molecular formula is C11H22O. The molecule has 1 heteroatoms. The fourth-order valence-corrected chi connectivity index (χ4v) is 2.36. The molecule has 1 fully saturated rings. The van der Waals surface area contributed by atoms with Crippen molar-refractivity contribution < 1.29 is 5.11 Å². The molecule has 0 aliphatic heterocycles. The summed E-state index contributed by atoms with van der Waals surface area (Å²) in [4.78, 5) is 0. The highest BCUT2D eigenvalue weighted by Crippen LogP contribution is 2.47. The highest BCUT2D eigenvalue weighted by atomic mass is 16.3. The van der Waals surface area contributed by atoms with Crippen molar-refractivity contribution in [2.24, 2.45) is 11.3 Å². The molecule has 1 rings (SSSR count). The summed E-state index contributed by atoms with van der Waals surface area (Å²) < 4.78 is 0. The van der Waals surface area contributed by atoms with Crippen LogP contribution in [-0.2, 0) is 0 Å². The molecule has 1 saturated carbocycles. The largest absolute Gasteiger partial charge is 0.390 e. The molecule has 2 unspecified atom stereocenters. The van der Waals surface area contributed by atoms with Gasteiger partial charge in [0.05, 0.1) is 5.60 Å². The van der Waals surface area contributed by atoms with E-state index in [1.165, 1.54) is 6.42 Å². The third-order valence-corrected chi connectivity index (χ3v) is 3.55. The van der Waals surface area contributed by atoms with Gasteiger partial charge in [0, 0.05) is 0 Å². The molecule has 0 bridgehead atoms. The van der Waals surface area contributed by atoms with Crippen LogP contribution in [0.2, 0.25) is 0 Å². The minimum atomic E-state index is -0.363. The van der Waals surface area contributed by atoms with Crippen LogP contribution >= 0.6 is 0 Å². The maximum atomic E-state index is 10.3. The zero-order valence-corrected chi connectivity index (χ0v) is 8.85. The van der Waals surface area contributed by atoms with Crippen molar-refractivity contribution >= 4 is 0 Å². The van der Waals surface area contributed by atoms with E-state index in [2.05, 4.69) is 27.7 Å². The molecule has 0 spiro atoms. The van der Waals surface area contributed by atoms with Gasteiger partial charge < -0.3 is 5.11 Å². The van der Waals surface area contributed by atoms with E-state index < -0.39 is 0 Å². The van der Waals surface area contributed by atoms with Crippen molar-refractivity contribution in [3.05, 3.63) is 0 Å². The second-order valence-corrected chi connectivity index (χ2v) is 5.25. The van der Waals surface area contributed by atoms with Crippen molar-refractivity contribution in [3.63, 3.8) is 0 Å². The molecule has 12 heavy (non-hydrogen) atoms. The van der Waals surface area contributed by atoms with Crippen LogP contribution in [0.4, 0.5) is 0 Å². The molecule has 0 amide bonds. The van der Waals surface area contributed by atoms with Gasteiger partial charge in [-0.2, -0.15) is 0 Å². The summed E-state index contributed by atoms with van der Waals surface area (Å²) >= 11 is 0. The molecule has 0 aromatic heterocycles. The van der Waals surface area contributed by atoms with E-state index in [1.54, 1.807) is 0 Å². The first-order chi connectivity index (χ1) is 5.40. The normalized spacial score (nSPS) is 36.8. The molecule has 1 aliphatic rings. The molecule has 1 N–H and O–H groups in total. The molecule has 1 aliphatic carbocycles. The minimum absolute atomic E-state index is 0.359. The highest BCUT2D eigenvalue weighted by Gasteiger charge is 2.44. The van der Waals surface area contributed by atoms with E-state index in [0.717, 1.165) is 19.3 Å². The second kappa shape index (κ2) is 3.02. The van der Waals surface area contributed by atoms with Gasteiger partial charge in [0.1, 0.15) is 0 Å². The zero-order chi connectivity index (χ0) is 9.41. The lowest BCUT2D eigenvalue weighted by Crippen LogP contribution is -2.33. The molecule has 0 saturated heterocycles. The van der Waals surface area contributed by atoms with E-state index in [0.29, 0.717) is 11.3 Å². The van der Waals surface area contributed by atoms with E-state index in [-0.39, 0.29) is 5.60 Å². The van der Waals surface area contributed by atoms with Crippen molar-refractivity contribution in [1.29, 1.82) is 0 Å². The molecule has 0 heterocycles. The summed E-state index contributed by atoms with van der Waals surface area (Å²) in [5.41, 5.74) is -0.00354. The first-order valence-electron chi connectivity index (χ1n) is 5.12.